The third kappa shape index (κ3) is 4.12. The molecule has 22 heavy (non-hydrogen) atoms. The molecule has 3 N–H and O–H groups in total. The van der Waals surface area contributed by atoms with Crippen molar-refractivity contribution in [2.45, 2.75) is 19.0 Å². The minimum atomic E-state index is -0.468. The van der Waals surface area contributed by atoms with Gasteiger partial charge in [0.15, 0.2) is 0 Å². The highest BCUT2D eigenvalue weighted by Crippen LogP contribution is 2.18. The van der Waals surface area contributed by atoms with Crippen LogP contribution in [-0.4, -0.2) is 24.0 Å². The van der Waals surface area contributed by atoms with Gasteiger partial charge in [0.2, 0.25) is 0 Å². The summed E-state index contributed by atoms with van der Waals surface area (Å²) in [6, 6.07) is 8.79. The van der Waals surface area contributed by atoms with Crippen LogP contribution in [0.25, 0.3) is 0 Å². The Kier molecular flexibility index (Phi) is 5.62. The fourth-order valence-corrected chi connectivity index (χ4v) is 2.58. The largest absolute Gasteiger partial charge is 0.469 e. The van der Waals surface area contributed by atoms with Gasteiger partial charge < -0.3 is 15.8 Å². The monoisotopic (exact) mass is 319 g/mol. The number of nitrogens with one attached hydrogen (secondary N) is 1. The third-order valence-corrected chi connectivity index (χ3v) is 3.94. The Morgan fingerprint density at radius 1 is 1.36 bits per heavy atom. The van der Waals surface area contributed by atoms with Crippen LogP contribution in [0, 0.1) is 0 Å². The highest BCUT2D eigenvalue weighted by atomic mass is 32.1. The molecule has 0 saturated carbocycles. The lowest BCUT2D eigenvalue weighted by atomic mass is 10.0. The number of hydrogen-bond acceptors (Lipinski definition) is 6. The molecule has 0 bridgehead atoms. The van der Waals surface area contributed by atoms with Crippen molar-refractivity contribution in [2.75, 3.05) is 7.11 Å². The van der Waals surface area contributed by atoms with E-state index in [1.807, 2.05) is 30.3 Å². The fourth-order valence-electron chi connectivity index (χ4n) is 1.93. The summed E-state index contributed by atoms with van der Waals surface area (Å²) in [5.74, 6) is -0.733. The molecule has 1 heterocycles. The number of amides is 1. The maximum atomic E-state index is 12.3. The van der Waals surface area contributed by atoms with E-state index in [0.29, 0.717) is 17.2 Å². The number of rotatable bonds is 6. The lowest BCUT2D eigenvalue weighted by Gasteiger charge is -2.17. The number of methoxy groups -OCH3 is 1. The number of benzene rings is 1. The molecule has 1 unspecified atom stereocenters. The lowest BCUT2D eigenvalue weighted by molar-refractivity contribution is -0.141. The van der Waals surface area contributed by atoms with E-state index in [2.05, 4.69) is 10.3 Å². The maximum Gasteiger partial charge on any atom is 0.307 e. The SMILES string of the molecule is COC(=O)CC(NC(=O)c1csc(CN)n1)c1ccccc1. The van der Waals surface area contributed by atoms with Gasteiger partial charge in [-0.2, -0.15) is 0 Å². The minimum Gasteiger partial charge on any atom is -0.469 e. The van der Waals surface area contributed by atoms with Crippen molar-refractivity contribution in [1.82, 2.24) is 10.3 Å². The van der Waals surface area contributed by atoms with Crippen molar-refractivity contribution in [3.05, 3.63) is 52.0 Å². The van der Waals surface area contributed by atoms with E-state index in [1.54, 1.807) is 5.38 Å². The number of hydrogen-bond donors (Lipinski definition) is 2. The zero-order valence-electron chi connectivity index (χ0n) is 12.1. The van der Waals surface area contributed by atoms with Crippen molar-refractivity contribution >= 4 is 23.2 Å². The normalized spacial score (nSPS) is 11.7. The summed E-state index contributed by atoms with van der Waals surface area (Å²) in [4.78, 5) is 28.0. The topological polar surface area (TPSA) is 94.3 Å². The number of esters is 1. The Morgan fingerprint density at radius 2 is 2.09 bits per heavy atom. The van der Waals surface area contributed by atoms with E-state index in [4.69, 9.17) is 10.5 Å². The molecule has 0 aliphatic rings. The molecule has 0 fully saturated rings. The Hall–Kier alpha value is -2.25. The van der Waals surface area contributed by atoms with Crippen LogP contribution in [0.3, 0.4) is 0 Å². The molecule has 2 rings (SSSR count). The highest BCUT2D eigenvalue weighted by Gasteiger charge is 2.20. The van der Waals surface area contributed by atoms with Gasteiger partial charge >= 0.3 is 5.97 Å². The third-order valence-electron chi connectivity index (χ3n) is 3.06. The standard InChI is InChI=1S/C15H17N3O3S/c1-21-14(19)7-11(10-5-3-2-4-6-10)18-15(20)12-9-22-13(8-16)17-12/h2-6,9,11H,7-8,16H2,1H3,(H,18,20). The van der Waals surface area contributed by atoms with Gasteiger partial charge in [0, 0.05) is 11.9 Å². The number of aromatic nitrogens is 1. The van der Waals surface area contributed by atoms with Crippen LogP contribution in [0.1, 0.15) is 33.5 Å². The lowest BCUT2D eigenvalue weighted by Crippen LogP contribution is -2.30. The van der Waals surface area contributed by atoms with E-state index in [1.165, 1.54) is 18.4 Å². The predicted octanol–water partition coefficient (Wildman–Crippen LogP) is 1.64. The second-order valence-electron chi connectivity index (χ2n) is 4.55. The minimum absolute atomic E-state index is 0.0557. The first-order valence-corrected chi connectivity index (χ1v) is 7.59. The Morgan fingerprint density at radius 3 is 2.68 bits per heavy atom. The van der Waals surface area contributed by atoms with Gasteiger partial charge in [-0.05, 0) is 5.56 Å². The summed E-state index contributed by atoms with van der Waals surface area (Å²) in [7, 11) is 1.32. The molecule has 0 aliphatic heterocycles. The fraction of sp³-hybridized carbons (Fsp3) is 0.267. The number of nitrogens with zero attached hydrogens (tertiary/aromatic N) is 1. The molecule has 1 aromatic carbocycles. The van der Waals surface area contributed by atoms with Crippen molar-refractivity contribution < 1.29 is 14.3 Å². The Bertz CT molecular complexity index is 642. The molecular formula is C15H17N3O3S. The van der Waals surface area contributed by atoms with Crippen molar-refractivity contribution in [3.8, 4) is 0 Å². The van der Waals surface area contributed by atoms with Gasteiger partial charge in [0.05, 0.1) is 19.6 Å². The summed E-state index contributed by atoms with van der Waals surface area (Å²) >= 11 is 1.33. The van der Waals surface area contributed by atoms with Gasteiger partial charge in [-0.1, -0.05) is 30.3 Å². The van der Waals surface area contributed by atoms with E-state index in [0.717, 1.165) is 5.56 Å². The van der Waals surface area contributed by atoms with Crippen molar-refractivity contribution in [2.24, 2.45) is 5.73 Å². The highest BCUT2D eigenvalue weighted by molar-refractivity contribution is 7.09. The molecule has 7 heteroatoms. The number of carbonyl (C=O) groups excluding carboxylic acids is 2. The summed E-state index contributed by atoms with van der Waals surface area (Å²) in [6.07, 6.45) is 0.0557. The molecular weight excluding hydrogens is 302 g/mol. The molecule has 0 aliphatic carbocycles. The second kappa shape index (κ2) is 7.67. The van der Waals surface area contributed by atoms with Crippen LogP contribution >= 0.6 is 11.3 Å². The molecule has 0 saturated heterocycles. The summed E-state index contributed by atoms with van der Waals surface area (Å²) in [5.41, 5.74) is 6.63. The molecule has 2 aromatic rings. The number of ether oxygens (including phenoxy) is 1. The molecule has 116 valence electrons. The second-order valence-corrected chi connectivity index (χ2v) is 5.49. The van der Waals surface area contributed by atoms with Crippen LogP contribution in [0.5, 0.6) is 0 Å². The molecule has 1 amide bonds. The zero-order chi connectivity index (χ0) is 15.9. The van der Waals surface area contributed by atoms with Crippen LogP contribution in [-0.2, 0) is 16.1 Å². The Labute approximate surface area is 132 Å². The quantitative estimate of drug-likeness (QED) is 0.789. The van der Waals surface area contributed by atoms with Crippen molar-refractivity contribution in [1.29, 1.82) is 0 Å². The van der Waals surface area contributed by atoms with Gasteiger partial charge in [-0.25, -0.2) is 4.98 Å². The molecule has 0 spiro atoms. The number of carbonyl (C=O) groups is 2. The average molecular weight is 319 g/mol. The first-order valence-electron chi connectivity index (χ1n) is 6.71. The van der Waals surface area contributed by atoms with Crippen LogP contribution in [0.15, 0.2) is 35.7 Å². The first-order chi connectivity index (χ1) is 10.6. The van der Waals surface area contributed by atoms with Gasteiger partial charge in [-0.3, -0.25) is 9.59 Å². The van der Waals surface area contributed by atoms with E-state index >= 15 is 0 Å². The van der Waals surface area contributed by atoms with E-state index < -0.39 is 12.0 Å². The predicted molar refractivity (Wildman–Crippen MR) is 83.3 cm³/mol. The van der Waals surface area contributed by atoms with Gasteiger partial charge in [-0.15, -0.1) is 11.3 Å². The molecule has 6 nitrogen and oxygen atoms in total. The van der Waals surface area contributed by atoms with Crippen molar-refractivity contribution in [3.63, 3.8) is 0 Å². The summed E-state index contributed by atoms with van der Waals surface area (Å²) < 4.78 is 4.69. The van der Waals surface area contributed by atoms with Gasteiger partial charge in [0.25, 0.3) is 5.91 Å². The average Bonchev–Trinajstić information content (AvgIpc) is 3.04. The summed E-state index contributed by atoms with van der Waals surface area (Å²) in [5, 5.41) is 5.16. The molecule has 1 aromatic heterocycles. The van der Waals surface area contributed by atoms with Crippen LogP contribution in [0.2, 0.25) is 0 Å². The summed E-state index contributed by atoms with van der Waals surface area (Å²) in [6.45, 7) is 0.294. The van der Waals surface area contributed by atoms with Crippen LogP contribution in [0.4, 0.5) is 0 Å². The molecule has 0 radical (unpaired) electrons. The Balaban J connectivity index is 2.15. The smallest absolute Gasteiger partial charge is 0.307 e. The first kappa shape index (κ1) is 16.1. The zero-order valence-corrected chi connectivity index (χ0v) is 12.9. The van der Waals surface area contributed by atoms with E-state index in [9.17, 15) is 9.59 Å². The number of nitrogens with two attached hydrogens (primary N) is 1. The number of thiazole rings is 1. The van der Waals surface area contributed by atoms with E-state index in [-0.39, 0.29) is 12.3 Å². The molecule has 1 atom stereocenters. The maximum absolute atomic E-state index is 12.3. The van der Waals surface area contributed by atoms with Gasteiger partial charge in [0.1, 0.15) is 10.7 Å². The van der Waals surface area contributed by atoms with Crippen LogP contribution < -0.4 is 11.1 Å².